The third kappa shape index (κ3) is 5.25. The Kier molecular flexibility index (Phi) is 6.11. The van der Waals surface area contributed by atoms with Gasteiger partial charge in [0.1, 0.15) is 6.54 Å². The Morgan fingerprint density at radius 3 is 2.29 bits per heavy atom. The van der Waals surface area contributed by atoms with E-state index >= 15 is 0 Å². The molecule has 96 valence electrons. The maximum Gasteiger partial charge on any atom is 0.323 e. The van der Waals surface area contributed by atoms with E-state index in [1.54, 1.807) is 0 Å². The summed E-state index contributed by atoms with van der Waals surface area (Å²) in [7, 11) is 0. The predicted octanol–water partition coefficient (Wildman–Crippen LogP) is 1.29. The summed E-state index contributed by atoms with van der Waals surface area (Å²) >= 11 is 0. The number of hydrogen-bond donors (Lipinski definition) is 2. The molecule has 0 saturated heterocycles. The molecule has 0 bridgehead atoms. The molecule has 2 amide bonds. The summed E-state index contributed by atoms with van der Waals surface area (Å²) in [5, 5.41) is 11.5. The second-order valence-electron chi connectivity index (χ2n) is 4.15. The van der Waals surface area contributed by atoms with Crippen molar-refractivity contribution >= 4 is 12.0 Å². The van der Waals surface area contributed by atoms with Gasteiger partial charge < -0.3 is 15.3 Å². The first kappa shape index (κ1) is 15.3. The van der Waals surface area contributed by atoms with Gasteiger partial charge in [-0.05, 0) is 19.8 Å². The lowest BCUT2D eigenvalue weighted by atomic mass is 9.96. The summed E-state index contributed by atoms with van der Waals surface area (Å²) in [5.74, 6) is 1.20. The summed E-state index contributed by atoms with van der Waals surface area (Å²) in [6, 6.07) is -0.434. The SMILES string of the molecule is C#CCN(CC(=O)O)C(=O)NC(C)(CC)CC. The Morgan fingerprint density at radius 1 is 1.41 bits per heavy atom. The number of carboxylic acids is 1. The number of rotatable bonds is 6. The van der Waals surface area contributed by atoms with Crippen molar-refractivity contribution in [2.75, 3.05) is 13.1 Å². The maximum atomic E-state index is 11.9. The third-order valence-electron chi connectivity index (χ3n) is 2.86. The van der Waals surface area contributed by atoms with Crippen molar-refractivity contribution in [3.8, 4) is 12.3 Å². The predicted molar refractivity (Wildman–Crippen MR) is 65.6 cm³/mol. The highest BCUT2D eigenvalue weighted by Crippen LogP contribution is 2.13. The van der Waals surface area contributed by atoms with Gasteiger partial charge in [0.25, 0.3) is 0 Å². The largest absolute Gasteiger partial charge is 0.480 e. The smallest absolute Gasteiger partial charge is 0.323 e. The second kappa shape index (κ2) is 6.79. The Bertz CT molecular complexity index is 316. The molecule has 5 nitrogen and oxygen atoms in total. The van der Waals surface area contributed by atoms with Gasteiger partial charge in [-0.3, -0.25) is 4.79 Å². The van der Waals surface area contributed by atoms with Gasteiger partial charge in [0, 0.05) is 5.54 Å². The molecular formula is C12H20N2O3. The number of carbonyl (C=O) groups excluding carboxylic acids is 1. The van der Waals surface area contributed by atoms with Crippen molar-refractivity contribution in [3.05, 3.63) is 0 Å². The highest BCUT2D eigenvalue weighted by molar-refractivity contribution is 5.80. The molecule has 0 aromatic carbocycles. The summed E-state index contributed by atoms with van der Waals surface area (Å²) in [4.78, 5) is 23.6. The molecule has 0 aliphatic carbocycles. The molecule has 0 aliphatic rings. The average molecular weight is 240 g/mol. The van der Waals surface area contributed by atoms with Crippen LogP contribution >= 0.6 is 0 Å². The minimum atomic E-state index is -1.08. The molecule has 2 N–H and O–H groups in total. The van der Waals surface area contributed by atoms with E-state index in [0.29, 0.717) is 0 Å². The highest BCUT2D eigenvalue weighted by atomic mass is 16.4. The van der Waals surface area contributed by atoms with E-state index in [4.69, 9.17) is 11.5 Å². The van der Waals surface area contributed by atoms with E-state index in [-0.39, 0.29) is 18.6 Å². The number of urea groups is 1. The van der Waals surface area contributed by atoms with E-state index in [9.17, 15) is 9.59 Å². The highest BCUT2D eigenvalue weighted by Gasteiger charge is 2.25. The molecule has 0 unspecified atom stereocenters. The van der Waals surface area contributed by atoms with Crippen LogP contribution in [-0.4, -0.2) is 40.6 Å². The number of carboxylic acid groups (broad SMARTS) is 1. The number of nitrogens with one attached hydrogen (secondary N) is 1. The van der Waals surface area contributed by atoms with Gasteiger partial charge in [0.05, 0.1) is 6.54 Å². The molecule has 0 spiro atoms. The average Bonchev–Trinajstić information content (AvgIpc) is 2.27. The van der Waals surface area contributed by atoms with Gasteiger partial charge in [0.15, 0.2) is 0 Å². The Balaban J connectivity index is 4.63. The van der Waals surface area contributed by atoms with Crippen LogP contribution in [0.5, 0.6) is 0 Å². The Labute approximate surface area is 102 Å². The van der Waals surface area contributed by atoms with E-state index in [1.165, 1.54) is 0 Å². The second-order valence-corrected chi connectivity index (χ2v) is 4.15. The number of aliphatic carboxylic acids is 1. The van der Waals surface area contributed by atoms with Crippen LogP contribution in [-0.2, 0) is 4.79 Å². The standard InChI is InChI=1S/C12H20N2O3/c1-5-8-14(9-10(15)16)11(17)13-12(4,6-2)7-3/h1H,6-9H2,2-4H3,(H,13,17)(H,15,16). The summed E-state index contributed by atoms with van der Waals surface area (Å²) < 4.78 is 0. The van der Waals surface area contributed by atoms with E-state index < -0.39 is 12.0 Å². The number of carbonyl (C=O) groups is 2. The number of amides is 2. The first-order chi connectivity index (χ1) is 7.88. The van der Waals surface area contributed by atoms with Crippen molar-refractivity contribution in [3.63, 3.8) is 0 Å². The molecule has 17 heavy (non-hydrogen) atoms. The van der Waals surface area contributed by atoms with Crippen LogP contribution in [0.3, 0.4) is 0 Å². The fraction of sp³-hybridized carbons (Fsp3) is 0.667. The van der Waals surface area contributed by atoms with Crippen molar-refractivity contribution in [2.45, 2.75) is 39.2 Å². The molecule has 5 heteroatoms. The number of terminal acetylenes is 1. The fourth-order valence-electron chi connectivity index (χ4n) is 1.24. The first-order valence-corrected chi connectivity index (χ1v) is 5.61. The molecule has 0 fully saturated rings. The number of nitrogens with zero attached hydrogens (tertiary/aromatic N) is 1. The lowest BCUT2D eigenvalue weighted by Crippen LogP contribution is -2.52. The van der Waals surface area contributed by atoms with Crippen LogP contribution in [0.2, 0.25) is 0 Å². The van der Waals surface area contributed by atoms with Gasteiger partial charge in [-0.15, -0.1) is 6.42 Å². The van der Waals surface area contributed by atoms with Crippen molar-refractivity contribution in [1.82, 2.24) is 10.2 Å². The van der Waals surface area contributed by atoms with Gasteiger partial charge in [0.2, 0.25) is 0 Å². The van der Waals surface area contributed by atoms with Gasteiger partial charge in [-0.25, -0.2) is 4.79 Å². The maximum absolute atomic E-state index is 11.9. The van der Waals surface area contributed by atoms with Gasteiger partial charge in [-0.2, -0.15) is 0 Å². The third-order valence-corrected chi connectivity index (χ3v) is 2.86. The molecule has 0 saturated carbocycles. The zero-order valence-electron chi connectivity index (χ0n) is 10.6. The van der Waals surface area contributed by atoms with Crippen LogP contribution in [0.1, 0.15) is 33.6 Å². The van der Waals surface area contributed by atoms with Crippen molar-refractivity contribution in [1.29, 1.82) is 0 Å². The van der Waals surface area contributed by atoms with E-state index in [1.807, 2.05) is 20.8 Å². The van der Waals surface area contributed by atoms with Crippen LogP contribution in [0.25, 0.3) is 0 Å². The van der Waals surface area contributed by atoms with E-state index in [0.717, 1.165) is 17.7 Å². The molecule has 0 aromatic heterocycles. The van der Waals surface area contributed by atoms with Crippen LogP contribution in [0.15, 0.2) is 0 Å². The molecule has 0 aromatic rings. The zero-order chi connectivity index (χ0) is 13.5. The molecular weight excluding hydrogens is 220 g/mol. The quantitative estimate of drug-likeness (QED) is 0.687. The zero-order valence-corrected chi connectivity index (χ0v) is 10.6. The van der Waals surface area contributed by atoms with Crippen molar-refractivity contribution in [2.24, 2.45) is 0 Å². The normalized spacial score (nSPS) is 10.5. The topological polar surface area (TPSA) is 69.6 Å². The summed E-state index contributed by atoms with van der Waals surface area (Å²) in [6.45, 7) is 5.44. The fourth-order valence-corrected chi connectivity index (χ4v) is 1.24. The minimum absolute atomic E-state index is 0.0123. The van der Waals surface area contributed by atoms with Crippen molar-refractivity contribution < 1.29 is 14.7 Å². The summed E-state index contributed by atoms with van der Waals surface area (Å²) in [6.07, 6.45) is 6.65. The lowest BCUT2D eigenvalue weighted by Gasteiger charge is -2.31. The molecule has 0 heterocycles. The van der Waals surface area contributed by atoms with Crippen LogP contribution < -0.4 is 5.32 Å². The first-order valence-electron chi connectivity index (χ1n) is 5.61. The Hall–Kier alpha value is -1.70. The lowest BCUT2D eigenvalue weighted by molar-refractivity contribution is -0.137. The van der Waals surface area contributed by atoms with Gasteiger partial charge >= 0.3 is 12.0 Å². The minimum Gasteiger partial charge on any atom is -0.480 e. The monoisotopic (exact) mass is 240 g/mol. The molecule has 0 atom stereocenters. The van der Waals surface area contributed by atoms with Crippen LogP contribution in [0.4, 0.5) is 4.79 Å². The van der Waals surface area contributed by atoms with E-state index in [2.05, 4.69) is 11.2 Å². The van der Waals surface area contributed by atoms with Gasteiger partial charge in [-0.1, -0.05) is 19.8 Å². The Morgan fingerprint density at radius 2 is 1.94 bits per heavy atom. The molecule has 0 radical (unpaired) electrons. The van der Waals surface area contributed by atoms with Crippen LogP contribution in [0, 0.1) is 12.3 Å². The summed E-state index contributed by atoms with van der Waals surface area (Å²) in [5.41, 5.74) is -0.331. The number of hydrogen-bond acceptors (Lipinski definition) is 2. The molecule has 0 rings (SSSR count). The molecule has 0 aliphatic heterocycles.